The van der Waals surface area contributed by atoms with Crippen molar-refractivity contribution in [2.75, 3.05) is 0 Å². The molecule has 0 atom stereocenters. The minimum atomic E-state index is -4.41. The molecule has 13 heavy (non-hydrogen) atoms. The first-order chi connectivity index (χ1) is 5.94. The molecule has 0 fully saturated rings. The Morgan fingerprint density at radius 1 is 1.62 bits per heavy atom. The molecule has 1 heterocycles. The zero-order valence-electron chi connectivity index (χ0n) is 6.18. The van der Waals surface area contributed by atoms with E-state index in [1.54, 1.807) is 0 Å². The quantitative estimate of drug-likeness (QED) is 0.702. The first-order valence-electron chi connectivity index (χ1n) is 3.17. The van der Waals surface area contributed by atoms with Gasteiger partial charge in [-0.2, -0.15) is 18.3 Å². The number of hydrogen-bond acceptors (Lipinski definition) is 2. The van der Waals surface area contributed by atoms with E-state index in [9.17, 15) is 18.0 Å². The van der Waals surface area contributed by atoms with Crippen LogP contribution in [0, 0.1) is 0 Å². The van der Waals surface area contributed by atoms with E-state index in [4.69, 9.17) is 11.6 Å². The van der Waals surface area contributed by atoms with Crippen molar-refractivity contribution in [2.45, 2.75) is 12.7 Å². The molecule has 0 unspecified atom stereocenters. The monoisotopic (exact) mass is 212 g/mol. The van der Waals surface area contributed by atoms with Crippen molar-refractivity contribution in [2.24, 2.45) is 0 Å². The van der Waals surface area contributed by atoms with E-state index in [-0.39, 0.29) is 17.0 Å². The molecule has 1 aromatic rings. The van der Waals surface area contributed by atoms with E-state index in [2.05, 4.69) is 5.10 Å². The number of aldehydes is 1. The van der Waals surface area contributed by atoms with Crippen LogP contribution in [0.25, 0.3) is 0 Å². The van der Waals surface area contributed by atoms with Crippen LogP contribution in [0.15, 0.2) is 6.20 Å². The number of carbonyl (C=O) groups is 1. The summed E-state index contributed by atoms with van der Waals surface area (Å²) in [6, 6.07) is 0. The van der Waals surface area contributed by atoms with Gasteiger partial charge in [-0.05, 0) is 0 Å². The van der Waals surface area contributed by atoms with Gasteiger partial charge in [0.2, 0.25) is 0 Å². The second-order valence-electron chi connectivity index (χ2n) is 2.27. The Morgan fingerprint density at radius 2 is 2.23 bits per heavy atom. The highest BCUT2D eigenvalue weighted by atomic mass is 35.5. The van der Waals surface area contributed by atoms with Gasteiger partial charge in [0.1, 0.15) is 12.2 Å². The lowest BCUT2D eigenvalue weighted by molar-refractivity contribution is -0.142. The number of hydrogen-bond donors (Lipinski definition) is 0. The average molecular weight is 213 g/mol. The highest BCUT2D eigenvalue weighted by molar-refractivity contribution is 6.32. The van der Waals surface area contributed by atoms with Gasteiger partial charge >= 0.3 is 6.18 Å². The first-order valence-corrected chi connectivity index (χ1v) is 3.55. The Balaban J connectivity index is 2.95. The van der Waals surface area contributed by atoms with Gasteiger partial charge in [-0.25, -0.2) is 0 Å². The fourth-order valence-corrected chi connectivity index (χ4v) is 0.971. The van der Waals surface area contributed by atoms with E-state index in [1.165, 1.54) is 0 Å². The molecule has 0 bridgehead atoms. The van der Waals surface area contributed by atoms with Crippen molar-refractivity contribution >= 4 is 17.9 Å². The van der Waals surface area contributed by atoms with Crippen molar-refractivity contribution < 1.29 is 18.0 Å². The van der Waals surface area contributed by atoms with Crippen molar-refractivity contribution in [1.82, 2.24) is 9.78 Å². The number of nitrogens with zero attached hydrogens (tertiary/aromatic N) is 2. The molecule has 1 aromatic heterocycles. The third-order valence-corrected chi connectivity index (χ3v) is 1.57. The molecule has 0 aliphatic rings. The number of carbonyl (C=O) groups excluding carboxylic acids is 1. The Kier molecular flexibility index (Phi) is 2.60. The van der Waals surface area contributed by atoms with Crippen LogP contribution in [0.3, 0.4) is 0 Å². The van der Waals surface area contributed by atoms with Gasteiger partial charge in [0, 0.05) is 0 Å². The van der Waals surface area contributed by atoms with E-state index < -0.39 is 12.7 Å². The zero-order chi connectivity index (χ0) is 10.1. The molecule has 72 valence electrons. The van der Waals surface area contributed by atoms with E-state index >= 15 is 0 Å². The molecule has 0 amide bonds. The molecule has 0 radical (unpaired) electrons. The van der Waals surface area contributed by atoms with E-state index in [0.29, 0.717) is 4.68 Å². The third-order valence-electron chi connectivity index (χ3n) is 1.27. The Labute approximate surface area is 76.1 Å². The largest absolute Gasteiger partial charge is 0.408 e. The third kappa shape index (κ3) is 2.45. The molecule has 0 saturated heterocycles. The molecule has 0 N–H and O–H groups in total. The molecular formula is C6H4ClF3N2O. The van der Waals surface area contributed by atoms with Crippen LogP contribution in [0.2, 0.25) is 5.02 Å². The second-order valence-corrected chi connectivity index (χ2v) is 2.68. The summed E-state index contributed by atoms with van der Waals surface area (Å²) in [7, 11) is 0. The van der Waals surface area contributed by atoms with Crippen LogP contribution in [0.5, 0.6) is 0 Å². The van der Waals surface area contributed by atoms with Crippen LogP contribution in [0.1, 0.15) is 10.5 Å². The zero-order valence-corrected chi connectivity index (χ0v) is 6.93. The maximum absolute atomic E-state index is 11.8. The van der Waals surface area contributed by atoms with Crippen LogP contribution in [-0.2, 0) is 6.54 Å². The predicted octanol–water partition coefficient (Wildman–Crippen LogP) is 1.91. The summed E-state index contributed by atoms with van der Waals surface area (Å²) in [5.74, 6) is 0. The second kappa shape index (κ2) is 3.37. The maximum atomic E-state index is 11.8. The van der Waals surface area contributed by atoms with Gasteiger partial charge in [-0.1, -0.05) is 11.6 Å². The summed E-state index contributed by atoms with van der Waals surface area (Å²) in [6.45, 7) is -1.31. The van der Waals surface area contributed by atoms with Gasteiger partial charge in [-0.3, -0.25) is 9.48 Å². The number of halogens is 4. The van der Waals surface area contributed by atoms with Crippen molar-refractivity contribution in [3.63, 3.8) is 0 Å². The molecule has 0 aliphatic carbocycles. The maximum Gasteiger partial charge on any atom is 0.408 e. The molecule has 0 spiro atoms. The van der Waals surface area contributed by atoms with Crippen LogP contribution < -0.4 is 0 Å². The molecule has 1 rings (SSSR count). The van der Waals surface area contributed by atoms with Crippen molar-refractivity contribution in [3.05, 3.63) is 16.9 Å². The van der Waals surface area contributed by atoms with Crippen LogP contribution >= 0.6 is 11.6 Å². The smallest absolute Gasteiger partial charge is 0.296 e. The van der Waals surface area contributed by atoms with Gasteiger partial charge in [-0.15, -0.1) is 0 Å². The van der Waals surface area contributed by atoms with Crippen molar-refractivity contribution in [3.8, 4) is 0 Å². The molecule has 0 saturated carbocycles. The minimum absolute atomic E-state index is 0.0840. The molecule has 7 heteroatoms. The lowest BCUT2D eigenvalue weighted by Crippen LogP contribution is -2.20. The summed E-state index contributed by atoms with van der Waals surface area (Å²) in [5.41, 5.74) is -0.265. The van der Waals surface area contributed by atoms with Gasteiger partial charge < -0.3 is 0 Å². The number of rotatable bonds is 2. The summed E-state index contributed by atoms with van der Waals surface area (Å²) in [5, 5.41) is 3.22. The minimum Gasteiger partial charge on any atom is -0.296 e. The summed E-state index contributed by atoms with van der Waals surface area (Å²) >= 11 is 5.39. The first kappa shape index (κ1) is 10.0. The summed E-state index contributed by atoms with van der Waals surface area (Å²) in [4.78, 5) is 10.3. The lowest BCUT2D eigenvalue weighted by Gasteiger charge is -2.06. The van der Waals surface area contributed by atoms with E-state index in [1.807, 2.05) is 0 Å². The van der Waals surface area contributed by atoms with Crippen LogP contribution in [-0.4, -0.2) is 22.2 Å². The van der Waals surface area contributed by atoms with Gasteiger partial charge in [0.15, 0.2) is 6.29 Å². The Morgan fingerprint density at radius 3 is 2.69 bits per heavy atom. The highest BCUT2D eigenvalue weighted by Gasteiger charge is 2.29. The molecule has 0 aromatic carbocycles. The topological polar surface area (TPSA) is 34.9 Å². The van der Waals surface area contributed by atoms with E-state index in [0.717, 1.165) is 6.20 Å². The molecular weight excluding hydrogens is 209 g/mol. The predicted molar refractivity (Wildman–Crippen MR) is 38.7 cm³/mol. The number of alkyl halides is 3. The lowest BCUT2D eigenvalue weighted by atomic mass is 10.4. The summed E-state index contributed by atoms with van der Waals surface area (Å²) < 4.78 is 36.1. The van der Waals surface area contributed by atoms with Crippen molar-refractivity contribution in [1.29, 1.82) is 0 Å². The summed E-state index contributed by atoms with van der Waals surface area (Å²) in [6.07, 6.45) is -3.18. The fourth-order valence-electron chi connectivity index (χ4n) is 0.785. The van der Waals surface area contributed by atoms with Gasteiger partial charge in [0.05, 0.1) is 11.2 Å². The SMILES string of the molecule is O=Cc1c(Cl)cnn1CC(F)(F)F. The Bertz CT molecular complexity index is 320. The normalized spacial score (nSPS) is 11.7. The fraction of sp³-hybridized carbons (Fsp3) is 0.333. The van der Waals surface area contributed by atoms with Gasteiger partial charge in [0.25, 0.3) is 0 Å². The van der Waals surface area contributed by atoms with Crippen LogP contribution in [0.4, 0.5) is 13.2 Å². The standard InChI is InChI=1S/C6H4ClF3N2O/c7-4-1-11-12(5(4)2-13)3-6(8,9)10/h1-2H,3H2. The average Bonchev–Trinajstić information content (AvgIpc) is 2.28. The molecule has 0 aliphatic heterocycles. The Hall–Kier alpha value is -1.04. The highest BCUT2D eigenvalue weighted by Crippen LogP contribution is 2.20. The molecule has 3 nitrogen and oxygen atoms in total. The number of aromatic nitrogens is 2.